The lowest BCUT2D eigenvalue weighted by Crippen LogP contribution is -2.29. The monoisotopic (exact) mass is 238 g/mol. The minimum atomic E-state index is -0.575. The molecule has 0 amide bonds. The number of rotatable bonds is 6. The smallest absolute Gasteiger partial charge is 0.150 e. The van der Waals surface area contributed by atoms with Crippen molar-refractivity contribution in [2.45, 2.75) is 37.2 Å². The van der Waals surface area contributed by atoms with E-state index in [1.165, 1.54) is 0 Å². The van der Waals surface area contributed by atoms with E-state index in [1.807, 2.05) is 26.0 Å². The van der Waals surface area contributed by atoms with Crippen LogP contribution in [0.5, 0.6) is 0 Å². The molecule has 16 heavy (non-hydrogen) atoms. The van der Waals surface area contributed by atoms with Crippen molar-refractivity contribution < 1.29 is 9.90 Å². The van der Waals surface area contributed by atoms with Crippen LogP contribution in [-0.4, -0.2) is 22.7 Å². The highest BCUT2D eigenvalue weighted by Crippen LogP contribution is 2.26. The van der Waals surface area contributed by atoms with Crippen molar-refractivity contribution in [1.29, 1.82) is 0 Å². The van der Waals surface area contributed by atoms with Crippen LogP contribution in [0.4, 0.5) is 0 Å². The van der Waals surface area contributed by atoms with E-state index in [0.29, 0.717) is 11.3 Å². The highest BCUT2D eigenvalue weighted by molar-refractivity contribution is 7.99. The Labute approximate surface area is 101 Å². The van der Waals surface area contributed by atoms with Crippen molar-refractivity contribution in [3.8, 4) is 0 Å². The first-order valence-corrected chi connectivity index (χ1v) is 6.52. The Morgan fingerprint density at radius 3 is 2.25 bits per heavy atom. The first-order valence-electron chi connectivity index (χ1n) is 5.54. The molecule has 1 N–H and O–H groups in total. The number of carbonyl (C=O) groups excluding carboxylic acids is 1. The van der Waals surface area contributed by atoms with Gasteiger partial charge in [0.2, 0.25) is 0 Å². The van der Waals surface area contributed by atoms with Gasteiger partial charge in [0, 0.05) is 16.2 Å². The predicted molar refractivity (Wildman–Crippen MR) is 68.1 cm³/mol. The van der Waals surface area contributed by atoms with E-state index >= 15 is 0 Å². The van der Waals surface area contributed by atoms with Crippen molar-refractivity contribution in [3.05, 3.63) is 29.8 Å². The second-order valence-electron chi connectivity index (χ2n) is 3.91. The van der Waals surface area contributed by atoms with E-state index in [4.69, 9.17) is 0 Å². The zero-order valence-corrected chi connectivity index (χ0v) is 10.6. The normalized spacial score (nSPS) is 11.4. The van der Waals surface area contributed by atoms with Crippen LogP contribution in [0.3, 0.4) is 0 Å². The summed E-state index contributed by atoms with van der Waals surface area (Å²) in [6.07, 6.45) is 2.37. The molecular weight excluding hydrogens is 220 g/mol. The van der Waals surface area contributed by atoms with Gasteiger partial charge < -0.3 is 5.11 Å². The summed E-state index contributed by atoms with van der Waals surface area (Å²) in [6.45, 7) is 4.00. The molecule has 0 bridgehead atoms. The summed E-state index contributed by atoms with van der Waals surface area (Å²) in [5, 5.41) is 10.1. The third-order valence-electron chi connectivity index (χ3n) is 2.84. The highest BCUT2D eigenvalue weighted by atomic mass is 32.2. The van der Waals surface area contributed by atoms with E-state index in [0.717, 1.165) is 24.0 Å². The zero-order chi connectivity index (χ0) is 12.0. The molecule has 3 heteroatoms. The van der Waals surface area contributed by atoms with Crippen molar-refractivity contribution in [2.24, 2.45) is 0 Å². The van der Waals surface area contributed by atoms with Crippen molar-refractivity contribution >= 4 is 18.0 Å². The number of aliphatic hydroxyl groups is 1. The summed E-state index contributed by atoms with van der Waals surface area (Å²) < 4.78 is 0. The van der Waals surface area contributed by atoms with Crippen LogP contribution in [0.15, 0.2) is 29.2 Å². The molecule has 1 rings (SSSR count). The van der Waals surface area contributed by atoms with E-state index in [2.05, 4.69) is 0 Å². The van der Waals surface area contributed by atoms with Gasteiger partial charge in [0.15, 0.2) is 0 Å². The molecule has 0 saturated carbocycles. The maximum Gasteiger partial charge on any atom is 0.150 e. The summed E-state index contributed by atoms with van der Waals surface area (Å²) in [6, 6.07) is 7.43. The van der Waals surface area contributed by atoms with Crippen molar-refractivity contribution in [2.75, 3.05) is 5.75 Å². The van der Waals surface area contributed by atoms with Crippen LogP contribution in [-0.2, 0) is 0 Å². The molecule has 0 aliphatic carbocycles. The fraction of sp³-hybridized carbons (Fsp3) is 0.462. The van der Waals surface area contributed by atoms with E-state index in [9.17, 15) is 9.90 Å². The van der Waals surface area contributed by atoms with Gasteiger partial charge in [-0.3, -0.25) is 4.79 Å². The van der Waals surface area contributed by atoms with Gasteiger partial charge >= 0.3 is 0 Å². The predicted octanol–water partition coefficient (Wildman–Crippen LogP) is 3.14. The quantitative estimate of drug-likeness (QED) is 0.611. The van der Waals surface area contributed by atoms with Gasteiger partial charge in [-0.15, -0.1) is 11.8 Å². The van der Waals surface area contributed by atoms with Crippen LogP contribution in [0.2, 0.25) is 0 Å². The molecule has 0 atom stereocenters. The Morgan fingerprint density at radius 2 is 1.81 bits per heavy atom. The van der Waals surface area contributed by atoms with Gasteiger partial charge in [-0.25, -0.2) is 0 Å². The standard InChI is InChI=1S/C13H18O2S/c1-3-13(15,4-2)10-16-12-7-5-11(9-14)6-8-12/h5-9,15H,3-4,10H2,1-2H3. The molecule has 0 aliphatic rings. The minimum absolute atomic E-state index is 0.575. The Balaban J connectivity index is 2.57. The molecule has 1 aromatic rings. The van der Waals surface area contributed by atoms with Gasteiger partial charge in [0.1, 0.15) is 6.29 Å². The van der Waals surface area contributed by atoms with Gasteiger partial charge in [0.25, 0.3) is 0 Å². The molecular formula is C13H18O2S. The fourth-order valence-electron chi connectivity index (χ4n) is 1.31. The van der Waals surface area contributed by atoms with Gasteiger partial charge in [0.05, 0.1) is 5.60 Å². The third-order valence-corrected chi connectivity index (χ3v) is 4.13. The zero-order valence-electron chi connectivity index (χ0n) is 9.77. The Morgan fingerprint density at radius 1 is 1.25 bits per heavy atom. The first-order chi connectivity index (χ1) is 7.63. The molecule has 0 radical (unpaired) electrons. The Bertz CT molecular complexity index is 328. The number of carbonyl (C=O) groups is 1. The first kappa shape index (κ1) is 13.3. The molecule has 0 unspecified atom stereocenters. The van der Waals surface area contributed by atoms with Crippen LogP contribution in [0.25, 0.3) is 0 Å². The summed E-state index contributed by atoms with van der Waals surface area (Å²) in [4.78, 5) is 11.6. The molecule has 0 fully saturated rings. The van der Waals surface area contributed by atoms with Crippen molar-refractivity contribution in [1.82, 2.24) is 0 Å². The molecule has 0 aliphatic heterocycles. The summed E-state index contributed by atoms with van der Waals surface area (Å²) in [7, 11) is 0. The minimum Gasteiger partial charge on any atom is -0.389 e. The van der Waals surface area contributed by atoms with E-state index < -0.39 is 5.60 Å². The van der Waals surface area contributed by atoms with Crippen LogP contribution < -0.4 is 0 Å². The van der Waals surface area contributed by atoms with Gasteiger partial charge in [-0.05, 0) is 25.0 Å². The lowest BCUT2D eigenvalue weighted by Gasteiger charge is -2.24. The molecule has 1 aromatic carbocycles. The van der Waals surface area contributed by atoms with Crippen molar-refractivity contribution in [3.63, 3.8) is 0 Å². The molecule has 88 valence electrons. The number of benzene rings is 1. The SMILES string of the molecule is CCC(O)(CC)CSc1ccc(C=O)cc1. The maximum atomic E-state index is 10.5. The molecule has 0 saturated heterocycles. The Kier molecular flexibility index (Phi) is 5.03. The number of hydrogen-bond acceptors (Lipinski definition) is 3. The average molecular weight is 238 g/mol. The summed E-state index contributed by atoms with van der Waals surface area (Å²) in [5.74, 6) is 0.695. The maximum absolute atomic E-state index is 10.5. The van der Waals surface area contributed by atoms with Crippen LogP contribution >= 0.6 is 11.8 Å². The van der Waals surface area contributed by atoms with Crippen LogP contribution in [0.1, 0.15) is 37.0 Å². The molecule has 0 spiro atoms. The number of aldehydes is 1. The summed E-state index contributed by atoms with van der Waals surface area (Å²) >= 11 is 1.63. The van der Waals surface area contributed by atoms with E-state index in [-0.39, 0.29) is 0 Å². The topological polar surface area (TPSA) is 37.3 Å². The molecule has 2 nitrogen and oxygen atoms in total. The lowest BCUT2D eigenvalue weighted by atomic mass is 10.0. The summed E-state index contributed by atoms with van der Waals surface area (Å²) in [5.41, 5.74) is 0.110. The number of hydrogen-bond donors (Lipinski definition) is 1. The number of thioether (sulfide) groups is 1. The fourth-order valence-corrected chi connectivity index (χ4v) is 2.49. The third kappa shape index (κ3) is 3.65. The second kappa shape index (κ2) is 6.06. The van der Waals surface area contributed by atoms with Crippen LogP contribution in [0, 0.1) is 0 Å². The second-order valence-corrected chi connectivity index (χ2v) is 4.96. The van der Waals surface area contributed by atoms with E-state index in [1.54, 1.807) is 23.9 Å². The largest absolute Gasteiger partial charge is 0.389 e. The Hall–Kier alpha value is -0.800. The lowest BCUT2D eigenvalue weighted by molar-refractivity contribution is 0.0572. The van der Waals surface area contributed by atoms with Gasteiger partial charge in [-0.1, -0.05) is 26.0 Å². The average Bonchev–Trinajstić information content (AvgIpc) is 2.36. The molecule has 0 aromatic heterocycles. The highest BCUT2D eigenvalue weighted by Gasteiger charge is 2.21. The molecule has 0 heterocycles. The van der Waals surface area contributed by atoms with Gasteiger partial charge in [-0.2, -0.15) is 0 Å².